The standard InChI is InChI=1S/C59H87N13O11/c1-6-41(60)55(81)72-22-12-20-59(72,46(73)32-58-29-37-23-38(30-58)25-39(24-37)31-58)56(82)69-43(15-11-21-65-57(63)64)51(77)66-34(5)49(75)71-53(79)45(28-47(62)74)68-54(80)48(33(3)4)70-52(78)44(27-35-13-9-8-10-14-35)67-50(76)42(61)26-36-16-18-40(19-17-36)83-7-2/h8-10,13-14,16-19,33-34,37-39,41-45,48H,6-7,11-12,15,20-32,60-61H2,1-5H3,(H2,62,74)(H,66,77)(H,67,76)(H,68,80)(H,69,82)(H,70,78)(H4,63,64,65)(H,71,75,79)/t34-,37?,38?,39?,41?,42-,43-,44-,45-,48-,58?,59+/m0/s1. The zero-order chi connectivity index (χ0) is 60.8. The normalized spacial score (nSPS) is 23.0. The van der Waals surface area contributed by atoms with Crippen molar-refractivity contribution in [2.75, 3.05) is 19.7 Å². The summed E-state index contributed by atoms with van der Waals surface area (Å²) in [7, 11) is 0. The first-order chi connectivity index (χ1) is 39.4. The maximum atomic E-state index is 15.1. The Hall–Kier alpha value is -7.47. The summed E-state index contributed by atoms with van der Waals surface area (Å²) < 4.78 is 5.50. The number of benzene rings is 2. The summed E-state index contributed by atoms with van der Waals surface area (Å²) in [5.74, 6) is -7.03. The minimum absolute atomic E-state index is 0.00501. The quantitative estimate of drug-likeness (QED) is 0.0215. The van der Waals surface area contributed by atoms with Crippen molar-refractivity contribution in [3.63, 3.8) is 0 Å². The highest BCUT2D eigenvalue weighted by molar-refractivity contribution is 6.14. The number of carbonyl (C=O) groups excluding carboxylic acids is 10. The van der Waals surface area contributed by atoms with Gasteiger partial charge in [-0.2, -0.15) is 0 Å². The number of Topliss-reactive ketones (excluding diaryl/α,β-unsaturated/α-hetero) is 1. The lowest BCUT2D eigenvalue weighted by Crippen LogP contribution is -2.67. The molecule has 4 saturated carbocycles. The molecular formula is C59H87N13O11. The second-order valence-corrected chi connectivity index (χ2v) is 23.6. The minimum atomic E-state index is -1.97. The number of guanidine groups is 1. The predicted molar refractivity (Wildman–Crippen MR) is 309 cm³/mol. The summed E-state index contributed by atoms with van der Waals surface area (Å²) in [5, 5.41) is 15.2. The third-order valence-electron chi connectivity index (χ3n) is 16.7. The Morgan fingerprint density at radius 1 is 0.675 bits per heavy atom. The van der Waals surface area contributed by atoms with Crippen LogP contribution in [0.4, 0.5) is 0 Å². The molecule has 0 spiro atoms. The van der Waals surface area contributed by atoms with Gasteiger partial charge in [0, 0.05) is 25.9 Å². The molecule has 5 aliphatic rings. The van der Waals surface area contributed by atoms with Gasteiger partial charge in [-0.3, -0.25) is 58.3 Å². The fourth-order valence-electron chi connectivity index (χ4n) is 12.9. The molecule has 8 atom stereocenters. The first-order valence-electron chi connectivity index (χ1n) is 29.2. The zero-order valence-electron chi connectivity index (χ0n) is 48.5. The number of ether oxygens (including phenoxy) is 1. The van der Waals surface area contributed by atoms with Crippen LogP contribution in [-0.2, 0) is 60.8 Å². The average molecular weight is 1150 g/mol. The number of rotatable bonds is 30. The molecule has 1 aliphatic heterocycles. The number of nitrogens with zero attached hydrogens (tertiary/aromatic N) is 2. The van der Waals surface area contributed by atoms with E-state index in [4.69, 9.17) is 33.4 Å². The number of hydrogen-bond acceptors (Lipinski definition) is 14. The zero-order valence-corrected chi connectivity index (χ0v) is 48.5. The lowest BCUT2D eigenvalue weighted by Gasteiger charge is -2.57. The fourth-order valence-corrected chi connectivity index (χ4v) is 12.9. The molecule has 454 valence electrons. The van der Waals surface area contributed by atoms with E-state index in [1.807, 2.05) is 6.92 Å². The average Bonchev–Trinajstić information content (AvgIpc) is 2.50. The van der Waals surface area contributed by atoms with E-state index in [0.29, 0.717) is 42.1 Å². The van der Waals surface area contributed by atoms with Crippen LogP contribution >= 0.6 is 0 Å². The van der Waals surface area contributed by atoms with Crippen molar-refractivity contribution in [2.45, 2.75) is 179 Å². The molecule has 2 aromatic carbocycles. The van der Waals surface area contributed by atoms with Crippen molar-refractivity contribution < 1.29 is 52.7 Å². The number of aliphatic imine (C=N–C) groups is 1. The van der Waals surface area contributed by atoms with Gasteiger partial charge >= 0.3 is 0 Å². The number of carbonyl (C=O) groups is 10. The van der Waals surface area contributed by atoms with Gasteiger partial charge in [0.05, 0.1) is 25.1 Å². The Labute approximate surface area is 485 Å². The first kappa shape index (κ1) is 64.7. The molecule has 1 saturated heterocycles. The highest BCUT2D eigenvalue weighted by Gasteiger charge is 2.59. The third kappa shape index (κ3) is 17.1. The van der Waals surface area contributed by atoms with E-state index in [0.717, 1.165) is 44.1 Å². The number of ketones is 1. The second-order valence-electron chi connectivity index (χ2n) is 23.6. The van der Waals surface area contributed by atoms with Crippen LogP contribution in [0.3, 0.4) is 0 Å². The molecule has 24 heteroatoms. The van der Waals surface area contributed by atoms with Crippen LogP contribution in [0.2, 0.25) is 0 Å². The Balaban J connectivity index is 1.14. The molecule has 0 radical (unpaired) electrons. The van der Waals surface area contributed by atoms with E-state index in [1.54, 1.807) is 75.4 Å². The predicted octanol–water partition coefficient (Wildman–Crippen LogP) is 0.144. The van der Waals surface area contributed by atoms with Crippen molar-refractivity contribution in [3.05, 3.63) is 65.7 Å². The number of nitrogens with two attached hydrogens (primary N) is 5. The molecule has 4 aliphatic carbocycles. The number of imide groups is 1. The molecule has 2 aromatic rings. The van der Waals surface area contributed by atoms with Crippen LogP contribution in [0.25, 0.3) is 0 Å². The van der Waals surface area contributed by atoms with Crippen LogP contribution in [0.5, 0.6) is 5.75 Å². The number of primary amides is 1. The fraction of sp³-hybridized carbons (Fsp3) is 0.610. The van der Waals surface area contributed by atoms with Crippen molar-refractivity contribution in [1.29, 1.82) is 0 Å². The molecule has 4 bridgehead atoms. The molecule has 9 amide bonds. The van der Waals surface area contributed by atoms with Crippen LogP contribution < -0.4 is 65.3 Å². The largest absolute Gasteiger partial charge is 0.494 e. The van der Waals surface area contributed by atoms with Crippen molar-refractivity contribution in [3.8, 4) is 5.75 Å². The topological polar surface area (TPSA) is 398 Å². The molecule has 83 heavy (non-hydrogen) atoms. The number of hydrogen-bond donors (Lipinski definition) is 11. The molecule has 7 rings (SSSR count). The minimum Gasteiger partial charge on any atom is -0.494 e. The highest BCUT2D eigenvalue weighted by Crippen LogP contribution is 2.62. The van der Waals surface area contributed by atoms with E-state index in [2.05, 4.69) is 36.9 Å². The molecule has 24 nitrogen and oxygen atoms in total. The summed E-state index contributed by atoms with van der Waals surface area (Å²) in [4.78, 5) is 146. The van der Waals surface area contributed by atoms with Gasteiger partial charge in [0.25, 0.3) is 5.91 Å². The van der Waals surface area contributed by atoms with Crippen LogP contribution in [0, 0.1) is 29.1 Å². The van der Waals surface area contributed by atoms with Crippen molar-refractivity contribution >= 4 is 64.9 Å². The van der Waals surface area contributed by atoms with Gasteiger partial charge in [0.15, 0.2) is 17.3 Å². The molecular weight excluding hydrogens is 1070 g/mol. The van der Waals surface area contributed by atoms with Crippen LogP contribution in [0.15, 0.2) is 59.6 Å². The third-order valence-corrected chi connectivity index (χ3v) is 16.7. The number of amides is 9. The Morgan fingerprint density at radius 2 is 1.28 bits per heavy atom. The van der Waals surface area contributed by atoms with E-state index in [1.165, 1.54) is 11.8 Å². The van der Waals surface area contributed by atoms with Gasteiger partial charge in [-0.25, -0.2) is 0 Å². The maximum Gasteiger partial charge on any atom is 0.254 e. The van der Waals surface area contributed by atoms with Gasteiger partial charge in [-0.15, -0.1) is 0 Å². The monoisotopic (exact) mass is 1150 g/mol. The first-order valence-corrected chi connectivity index (χ1v) is 29.2. The highest BCUT2D eigenvalue weighted by atomic mass is 16.5. The molecule has 5 fully saturated rings. The lowest BCUT2D eigenvalue weighted by atomic mass is 9.48. The Morgan fingerprint density at radius 3 is 1.86 bits per heavy atom. The maximum absolute atomic E-state index is 15.1. The molecule has 1 heterocycles. The van der Waals surface area contributed by atoms with Crippen molar-refractivity contribution in [1.82, 2.24) is 36.8 Å². The van der Waals surface area contributed by atoms with Gasteiger partial charge in [0.1, 0.15) is 36.0 Å². The van der Waals surface area contributed by atoms with Gasteiger partial charge in [-0.05, 0) is 143 Å². The summed E-state index contributed by atoms with van der Waals surface area (Å²) >= 11 is 0. The number of likely N-dealkylation sites (tertiary alicyclic amines) is 1. The van der Waals surface area contributed by atoms with Gasteiger partial charge in [-0.1, -0.05) is 63.2 Å². The van der Waals surface area contributed by atoms with E-state index in [9.17, 15) is 38.4 Å². The molecule has 16 N–H and O–H groups in total. The second kappa shape index (κ2) is 29.2. The van der Waals surface area contributed by atoms with E-state index < -0.39 is 119 Å². The van der Waals surface area contributed by atoms with Crippen LogP contribution in [0.1, 0.15) is 129 Å². The Kier molecular flexibility index (Phi) is 22.7. The van der Waals surface area contributed by atoms with Gasteiger partial charge in [0.2, 0.25) is 47.3 Å². The van der Waals surface area contributed by atoms with Gasteiger partial charge < -0.3 is 64.9 Å². The summed E-state index contributed by atoms with van der Waals surface area (Å²) in [5.41, 5.74) is 28.4. The van der Waals surface area contributed by atoms with E-state index in [-0.39, 0.29) is 69.4 Å². The smallest absolute Gasteiger partial charge is 0.254 e. The Bertz CT molecular complexity index is 2670. The molecule has 0 aromatic heterocycles. The lowest BCUT2D eigenvalue weighted by molar-refractivity contribution is -0.157. The molecule has 1 unspecified atom stereocenters. The summed E-state index contributed by atoms with van der Waals surface area (Å²) in [6.07, 6.45) is 6.10. The number of nitrogens with one attached hydrogen (secondary N) is 6. The van der Waals surface area contributed by atoms with Crippen LogP contribution in [-0.4, -0.2) is 137 Å². The van der Waals surface area contributed by atoms with Crippen molar-refractivity contribution in [2.24, 2.45) is 62.7 Å². The summed E-state index contributed by atoms with van der Waals surface area (Å²) in [6.45, 7) is 8.69. The summed E-state index contributed by atoms with van der Waals surface area (Å²) in [6, 6.07) is 6.55. The SMILES string of the molecule is CCOc1ccc(C[C@H](N)C(=O)N[C@@H](Cc2ccccc2)C(=O)N[C@H](C(=O)N[C@@H](CC(N)=O)C(=O)NC(=O)[C@H](C)NC(=O)[C@H](CCCN=C(N)N)NC(=O)[C@]2(C(=O)CC34CC5CC(CC(C5)C3)C4)CCCN2C(=O)C(N)CC)C(C)C)cc1. The van der Waals surface area contributed by atoms with E-state index >= 15 is 9.59 Å².